The van der Waals surface area contributed by atoms with Crippen molar-refractivity contribution in [3.63, 3.8) is 0 Å². The molecule has 2 atom stereocenters. The highest BCUT2D eigenvalue weighted by atomic mass is 16.5. The highest BCUT2D eigenvalue weighted by Gasteiger charge is 2.17. The number of benzene rings is 1. The van der Waals surface area contributed by atoms with Gasteiger partial charge in [-0.25, -0.2) is 0 Å². The minimum Gasteiger partial charge on any atom is -0.337 e. The van der Waals surface area contributed by atoms with Gasteiger partial charge >= 0.3 is 0 Å². The first-order chi connectivity index (χ1) is 11.1. The van der Waals surface area contributed by atoms with E-state index in [9.17, 15) is 0 Å². The third-order valence-corrected chi connectivity index (χ3v) is 3.60. The normalized spacial score (nSPS) is 13.9. The zero-order chi connectivity index (χ0) is 16.2. The van der Waals surface area contributed by atoms with Gasteiger partial charge < -0.3 is 9.84 Å². The maximum absolute atomic E-state index is 5.39. The van der Waals surface area contributed by atoms with Crippen molar-refractivity contribution in [3.05, 3.63) is 54.2 Å². The molecule has 6 heteroatoms. The molecule has 1 N–H and O–H groups in total. The molecule has 3 aromatic rings. The summed E-state index contributed by atoms with van der Waals surface area (Å²) >= 11 is 0. The molecule has 3 rings (SSSR count). The smallest absolute Gasteiger partial charge is 0.243 e. The molecule has 0 bridgehead atoms. The monoisotopic (exact) mass is 311 g/mol. The average molecular weight is 311 g/mol. The number of aryl methyl sites for hydroxylation is 1. The van der Waals surface area contributed by atoms with Gasteiger partial charge in [-0.15, -0.1) is 0 Å². The molecule has 2 heterocycles. The third kappa shape index (κ3) is 3.84. The summed E-state index contributed by atoms with van der Waals surface area (Å²) in [6.45, 7) is 6.96. The van der Waals surface area contributed by atoms with Gasteiger partial charge in [0, 0.05) is 17.8 Å². The summed E-state index contributed by atoms with van der Waals surface area (Å²) in [6.07, 6.45) is 3.89. The van der Waals surface area contributed by atoms with Crippen LogP contribution in [0.1, 0.15) is 31.3 Å². The van der Waals surface area contributed by atoms with Gasteiger partial charge in [0.25, 0.3) is 0 Å². The summed E-state index contributed by atoms with van der Waals surface area (Å²) in [5, 5.41) is 11.8. The topological polar surface area (TPSA) is 68.8 Å². The lowest BCUT2D eigenvalue weighted by Gasteiger charge is -2.17. The predicted octanol–water partition coefficient (Wildman–Crippen LogP) is 2.98. The molecular formula is C17H21N5O. The second-order valence-corrected chi connectivity index (χ2v) is 5.85. The third-order valence-electron chi connectivity index (χ3n) is 3.60. The largest absolute Gasteiger partial charge is 0.337 e. The van der Waals surface area contributed by atoms with Gasteiger partial charge in [0.15, 0.2) is 0 Å². The van der Waals surface area contributed by atoms with E-state index in [0.717, 1.165) is 17.7 Å². The molecule has 0 aliphatic carbocycles. The lowest BCUT2D eigenvalue weighted by atomic mass is 10.2. The maximum atomic E-state index is 5.39. The first-order valence-corrected chi connectivity index (χ1v) is 7.76. The minimum atomic E-state index is -0.0216. The Bertz CT molecular complexity index is 749. The van der Waals surface area contributed by atoms with Crippen LogP contribution >= 0.6 is 0 Å². The molecule has 0 spiro atoms. The van der Waals surface area contributed by atoms with Crippen LogP contribution in [0.25, 0.3) is 11.4 Å². The second-order valence-electron chi connectivity index (χ2n) is 5.85. The molecule has 23 heavy (non-hydrogen) atoms. The van der Waals surface area contributed by atoms with Crippen molar-refractivity contribution in [2.45, 2.75) is 39.4 Å². The fraction of sp³-hybridized carbons (Fsp3) is 0.353. The standard InChI is InChI=1S/C17H21N5O/c1-12-9-18-22(10-12)11-13(2)19-14(3)17-20-16(21-23-17)15-7-5-4-6-8-15/h4-10,13-14,19H,11H2,1-3H3/t13-,14+/m1/s1. The first kappa shape index (κ1) is 15.4. The van der Waals surface area contributed by atoms with Crippen LogP contribution in [0.4, 0.5) is 0 Å². The number of aromatic nitrogens is 4. The van der Waals surface area contributed by atoms with E-state index >= 15 is 0 Å². The summed E-state index contributed by atoms with van der Waals surface area (Å²) in [7, 11) is 0. The van der Waals surface area contributed by atoms with Crippen molar-refractivity contribution >= 4 is 0 Å². The summed E-state index contributed by atoms with van der Waals surface area (Å²) in [4.78, 5) is 4.48. The molecule has 0 fully saturated rings. The van der Waals surface area contributed by atoms with Crippen molar-refractivity contribution in [1.29, 1.82) is 0 Å². The first-order valence-electron chi connectivity index (χ1n) is 7.76. The van der Waals surface area contributed by atoms with E-state index in [1.54, 1.807) is 0 Å². The molecule has 6 nitrogen and oxygen atoms in total. The number of nitrogens with zero attached hydrogens (tertiary/aromatic N) is 4. The Kier molecular flexibility index (Phi) is 4.52. The van der Waals surface area contributed by atoms with Gasteiger partial charge in [0.05, 0.1) is 18.8 Å². The van der Waals surface area contributed by atoms with Gasteiger partial charge in [0.2, 0.25) is 11.7 Å². The van der Waals surface area contributed by atoms with Crippen LogP contribution in [0.3, 0.4) is 0 Å². The molecule has 0 amide bonds. The molecule has 2 aromatic heterocycles. The van der Waals surface area contributed by atoms with E-state index in [2.05, 4.69) is 27.5 Å². The van der Waals surface area contributed by atoms with E-state index in [4.69, 9.17) is 4.52 Å². The predicted molar refractivity (Wildman–Crippen MR) is 87.7 cm³/mol. The molecule has 0 saturated carbocycles. The zero-order valence-electron chi connectivity index (χ0n) is 13.6. The number of rotatable bonds is 6. The average Bonchev–Trinajstić information content (AvgIpc) is 3.17. The zero-order valence-corrected chi connectivity index (χ0v) is 13.6. The molecule has 0 aliphatic rings. The van der Waals surface area contributed by atoms with Gasteiger partial charge in [0.1, 0.15) is 0 Å². The minimum absolute atomic E-state index is 0.0216. The Morgan fingerprint density at radius 1 is 1.22 bits per heavy atom. The van der Waals surface area contributed by atoms with E-state index in [0.29, 0.717) is 11.7 Å². The van der Waals surface area contributed by atoms with Crippen molar-refractivity contribution in [2.75, 3.05) is 0 Å². The van der Waals surface area contributed by atoms with Crippen LogP contribution in [0.2, 0.25) is 0 Å². The summed E-state index contributed by atoms with van der Waals surface area (Å²) in [6, 6.07) is 10.0. The van der Waals surface area contributed by atoms with Gasteiger partial charge in [-0.3, -0.25) is 4.68 Å². The Hall–Kier alpha value is -2.47. The fourth-order valence-electron chi connectivity index (χ4n) is 2.51. The quantitative estimate of drug-likeness (QED) is 0.758. The highest BCUT2D eigenvalue weighted by Crippen LogP contribution is 2.18. The van der Waals surface area contributed by atoms with E-state index in [1.807, 2.05) is 61.3 Å². The SMILES string of the molecule is Cc1cnn(C[C@@H](C)N[C@@H](C)c2nc(-c3ccccc3)no2)c1. The Balaban J connectivity index is 1.62. The van der Waals surface area contributed by atoms with Crippen LogP contribution in [0.5, 0.6) is 0 Å². The molecule has 0 radical (unpaired) electrons. The fourth-order valence-corrected chi connectivity index (χ4v) is 2.51. The van der Waals surface area contributed by atoms with Crippen LogP contribution in [0, 0.1) is 6.92 Å². The maximum Gasteiger partial charge on any atom is 0.243 e. The van der Waals surface area contributed by atoms with Crippen molar-refractivity contribution in [1.82, 2.24) is 25.2 Å². The number of hydrogen-bond acceptors (Lipinski definition) is 5. The summed E-state index contributed by atoms with van der Waals surface area (Å²) in [5.74, 6) is 1.21. The van der Waals surface area contributed by atoms with Crippen LogP contribution in [-0.4, -0.2) is 26.0 Å². The molecule has 0 saturated heterocycles. The van der Waals surface area contributed by atoms with Gasteiger partial charge in [-0.05, 0) is 26.3 Å². The van der Waals surface area contributed by atoms with Gasteiger partial charge in [-0.2, -0.15) is 10.1 Å². The number of nitrogens with one attached hydrogen (secondary N) is 1. The van der Waals surface area contributed by atoms with E-state index in [1.165, 1.54) is 0 Å². The van der Waals surface area contributed by atoms with Crippen LogP contribution < -0.4 is 5.32 Å². The molecular weight excluding hydrogens is 290 g/mol. The number of hydrogen-bond donors (Lipinski definition) is 1. The highest BCUT2D eigenvalue weighted by molar-refractivity contribution is 5.53. The second kappa shape index (κ2) is 6.75. The Morgan fingerprint density at radius 2 is 2.00 bits per heavy atom. The Labute approximate surface area is 135 Å². The van der Waals surface area contributed by atoms with Crippen molar-refractivity contribution in [2.24, 2.45) is 0 Å². The molecule has 1 aromatic carbocycles. The van der Waals surface area contributed by atoms with E-state index in [-0.39, 0.29) is 12.1 Å². The van der Waals surface area contributed by atoms with Crippen LogP contribution in [0.15, 0.2) is 47.2 Å². The van der Waals surface area contributed by atoms with Crippen molar-refractivity contribution in [3.8, 4) is 11.4 Å². The summed E-state index contributed by atoms with van der Waals surface area (Å²) < 4.78 is 7.32. The molecule has 120 valence electrons. The van der Waals surface area contributed by atoms with E-state index < -0.39 is 0 Å². The van der Waals surface area contributed by atoms with Crippen molar-refractivity contribution < 1.29 is 4.52 Å². The molecule has 0 aliphatic heterocycles. The lowest BCUT2D eigenvalue weighted by molar-refractivity contribution is 0.316. The summed E-state index contributed by atoms with van der Waals surface area (Å²) in [5.41, 5.74) is 2.12. The van der Waals surface area contributed by atoms with Gasteiger partial charge in [-0.1, -0.05) is 35.5 Å². The molecule has 0 unspecified atom stereocenters. The Morgan fingerprint density at radius 3 is 2.70 bits per heavy atom. The van der Waals surface area contributed by atoms with Crippen LogP contribution in [-0.2, 0) is 6.54 Å². The lowest BCUT2D eigenvalue weighted by Crippen LogP contribution is -2.33.